The van der Waals surface area contributed by atoms with E-state index in [0.717, 1.165) is 5.69 Å². The topological polar surface area (TPSA) is 52.1 Å². The molecule has 2 heterocycles. The molecule has 2 rings (SSSR count). The van der Waals surface area contributed by atoms with Crippen LogP contribution in [0.15, 0.2) is 21.2 Å². The first kappa shape index (κ1) is 8.04. The smallest absolute Gasteiger partial charge is 0.205 e. The second kappa shape index (κ2) is 3.05. The molecule has 0 spiro atoms. The van der Waals surface area contributed by atoms with Crippen LogP contribution in [-0.2, 0) is 0 Å². The molecule has 0 aliphatic carbocycles. The van der Waals surface area contributed by atoms with Crippen molar-refractivity contribution in [1.82, 2.24) is 10.3 Å². The monoisotopic (exact) mass is 177 g/mol. The van der Waals surface area contributed by atoms with Gasteiger partial charge in [-0.25, -0.2) is 0 Å². The molecule has 13 heavy (non-hydrogen) atoms. The van der Waals surface area contributed by atoms with Gasteiger partial charge in [0, 0.05) is 12.1 Å². The summed E-state index contributed by atoms with van der Waals surface area (Å²) in [6, 6.07) is 3.47. The largest absolute Gasteiger partial charge is 0.354 e. The highest BCUT2D eigenvalue weighted by Gasteiger charge is 2.11. The summed E-state index contributed by atoms with van der Waals surface area (Å²) in [4.78, 5) is 0. The third kappa shape index (κ3) is 1.47. The lowest BCUT2D eigenvalue weighted by Crippen LogP contribution is -1.84. The highest BCUT2D eigenvalue weighted by molar-refractivity contribution is 5.50. The predicted octanol–water partition coefficient (Wildman–Crippen LogP) is 2.25. The van der Waals surface area contributed by atoms with E-state index < -0.39 is 0 Å². The fourth-order valence-electron chi connectivity index (χ4n) is 0.982. The standard InChI is InChI=1S/C9H9N2O2/c1-6(2)8-5-9(13-11-8)7-3-4-12-10-7/h3,5-6H,1-2H3. The SMILES string of the molecule is CC(C)c1cc(-c2c[c]on2)on1. The van der Waals surface area contributed by atoms with Crippen molar-refractivity contribution >= 4 is 0 Å². The molecule has 67 valence electrons. The van der Waals surface area contributed by atoms with Crippen LogP contribution in [0.25, 0.3) is 11.5 Å². The van der Waals surface area contributed by atoms with E-state index in [-0.39, 0.29) is 0 Å². The van der Waals surface area contributed by atoms with Gasteiger partial charge in [-0.3, -0.25) is 0 Å². The zero-order chi connectivity index (χ0) is 9.26. The Labute approximate surface area is 75.5 Å². The molecular formula is C9H9N2O2. The Morgan fingerprint density at radius 3 is 2.77 bits per heavy atom. The molecule has 0 aliphatic heterocycles. The molecule has 0 aromatic carbocycles. The average molecular weight is 177 g/mol. The minimum Gasteiger partial charge on any atom is -0.354 e. The third-order valence-corrected chi connectivity index (χ3v) is 1.76. The van der Waals surface area contributed by atoms with Crippen LogP contribution in [0.2, 0.25) is 0 Å². The van der Waals surface area contributed by atoms with Gasteiger partial charge in [-0.15, -0.1) is 0 Å². The highest BCUT2D eigenvalue weighted by atomic mass is 16.5. The fraction of sp³-hybridized carbons (Fsp3) is 0.333. The predicted molar refractivity (Wildman–Crippen MR) is 44.9 cm³/mol. The Kier molecular flexibility index (Phi) is 1.88. The van der Waals surface area contributed by atoms with E-state index in [4.69, 9.17) is 4.52 Å². The lowest BCUT2D eigenvalue weighted by Gasteiger charge is -1.92. The van der Waals surface area contributed by atoms with Crippen molar-refractivity contribution in [3.05, 3.63) is 24.1 Å². The van der Waals surface area contributed by atoms with Crippen LogP contribution in [0, 0.1) is 6.26 Å². The molecule has 2 aromatic rings. The quantitative estimate of drug-likeness (QED) is 0.705. The molecule has 0 bridgehead atoms. The van der Waals surface area contributed by atoms with Gasteiger partial charge >= 0.3 is 0 Å². The minimum atomic E-state index is 0.355. The van der Waals surface area contributed by atoms with Crippen LogP contribution in [0.1, 0.15) is 25.5 Å². The van der Waals surface area contributed by atoms with Crippen LogP contribution in [-0.4, -0.2) is 10.3 Å². The maximum Gasteiger partial charge on any atom is 0.205 e. The number of hydrogen-bond donors (Lipinski definition) is 0. The van der Waals surface area contributed by atoms with Crippen LogP contribution in [0.3, 0.4) is 0 Å². The summed E-state index contributed by atoms with van der Waals surface area (Å²) in [5.74, 6) is 0.974. The maximum atomic E-state index is 5.08. The normalized spacial score (nSPS) is 11.0. The summed E-state index contributed by atoms with van der Waals surface area (Å²) in [6.07, 6.45) is 2.49. The average Bonchev–Trinajstić information content (AvgIpc) is 2.75. The molecule has 0 aliphatic rings. The minimum absolute atomic E-state index is 0.355. The van der Waals surface area contributed by atoms with Gasteiger partial charge in [-0.1, -0.05) is 24.2 Å². The van der Waals surface area contributed by atoms with Gasteiger partial charge in [0.25, 0.3) is 0 Å². The lowest BCUT2D eigenvalue weighted by molar-refractivity contribution is 0.398. The first-order chi connectivity index (χ1) is 6.27. The van der Waals surface area contributed by atoms with E-state index in [1.165, 1.54) is 0 Å². The highest BCUT2D eigenvalue weighted by Crippen LogP contribution is 2.21. The zero-order valence-corrected chi connectivity index (χ0v) is 7.44. The van der Waals surface area contributed by atoms with Gasteiger partial charge in [-0.2, -0.15) is 0 Å². The van der Waals surface area contributed by atoms with Gasteiger partial charge in [0.1, 0.15) is 0 Å². The Morgan fingerprint density at radius 1 is 1.38 bits per heavy atom. The second-order valence-corrected chi connectivity index (χ2v) is 3.10. The van der Waals surface area contributed by atoms with Crippen molar-refractivity contribution in [2.75, 3.05) is 0 Å². The van der Waals surface area contributed by atoms with Gasteiger partial charge in [0.05, 0.1) is 5.69 Å². The summed E-state index contributed by atoms with van der Waals surface area (Å²) in [5.41, 5.74) is 1.54. The summed E-state index contributed by atoms with van der Waals surface area (Å²) < 4.78 is 9.65. The number of nitrogens with zero attached hydrogens (tertiary/aromatic N) is 2. The fourth-order valence-corrected chi connectivity index (χ4v) is 0.982. The third-order valence-electron chi connectivity index (χ3n) is 1.76. The second-order valence-electron chi connectivity index (χ2n) is 3.10. The van der Waals surface area contributed by atoms with Gasteiger partial charge in [0.2, 0.25) is 6.26 Å². The number of rotatable bonds is 2. The molecule has 2 aromatic heterocycles. The van der Waals surface area contributed by atoms with Crippen LogP contribution in [0.5, 0.6) is 0 Å². The van der Waals surface area contributed by atoms with Gasteiger partial charge in [-0.05, 0) is 5.92 Å². The van der Waals surface area contributed by atoms with E-state index in [0.29, 0.717) is 17.4 Å². The first-order valence-corrected chi connectivity index (χ1v) is 4.07. The lowest BCUT2D eigenvalue weighted by atomic mass is 10.1. The number of hydrogen-bond acceptors (Lipinski definition) is 4. The summed E-state index contributed by atoms with van der Waals surface area (Å²) >= 11 is 0. The van der Waals surface area contributed by atoms with Crippen LogP contribution in [0.4, 0.5) is 0 Å². The Hall–Kier alpha value is -1.58. The molecule has 0 atom stereocenters. The van der Waals surface area contributed by atoms with E-state index in [9.17, 15) is 0 Å². The Morgan fingerprint density at radius 2 is 2.23 bits per heavy atom. The van der Waals surface area contributed by atoms with Crippen LogP contribution >= 0.6 is 0 Å². The summed E-state index contributed by atoms with van der Waals surface area (Å²) in [7, 11) is 0. The Bertz CT molecular complexity index is 376. The zero-order valence-electron chi connectivity index (χ0n) is 7.44. The molecule has 0 fully saturated rings. The first-order valence-electron chi connectivity index (χ1n) is 4.07. The van der Waals surface area contributed by atoms with Crippen molar-refractivity contribution in [3.63, 3.8) is 0 Å². The molecule has 0 saturated carbocycles. The maximum absolute atomic E-state index is 5.08. The summed E-state index contributed by atoms with van der Waals surface area (Å²) in [6.45, 7) is 4.10. The summed E-state index contributed by atoms with van der Waals surface area (Å²) in [5, 5.41) is 7.60. The van der Waals surface area contributed by atoms with Crippen molar-refractivity contribution in [3.8, 4) is 11.5 Å². The molecule has 1 radical (unpaired) electrons. The molecule has 0 amide bonds. The van der Waals surface area contributed by atoms with E-state index in [1.807, 2.05) is 6.07 Å². The molecular weight excluding hydrogens is 168 g/mol. The molecule has 4 nitrogen and oxygen atoms in total. The van der Waals surface area contributed by atoms with E-state index in [2.05, 4.69) is 34.9 Å². The molecule has 4 heteroatoms. The van der Waals surface area contributed by atoms with Crippen LogP contribution < -0.4 is 0 Å². The van der Waals surface area contributed by atoms with Crippen molar-refractivity contribution < 1.29 is 9.05 Å². The van der Waals surface area contributed by atoms with E-state index >= 15 is 0 Å². The molecule has 0 unspecified atom stereocenters. The van der Waals surface area contributed by atoms with Gasteiger partial charge < -0.3 is 9.05 Å². The van der Waals surface area contributed by atoms with Gasteiger partial charge in [0.15, 0.2) is 11.5 Å². The van der Waals surface area contributed by atoms with Crippen molar-refractivity contribution in [2.45, 2.75) is 19.8 Å². The molecule has 0 N–H and O–H groups in total. The molecule has 0 saturated heterocycles. The van der Waals surface area contributed by atoms with E-state index in [1.54, 1.807) is 6.07 Å². The van der Waals surface area contributed by atoms with Crippen molar-refractivity contribution in [2.24, 2.45) is 0 Å². The van der Waals surface area contributed by atoms with Crippen molar-refractivity contribution in [1.29, 1.82) is 0 Å². The number of aromatic nitrogens is 2. The Balaban J connectivity index is 2.33.